The summed E-state index contributed by atoms with van der Waals surface area (Å²) in [6, 6.07) is 19.3. The Bertz CT molecular complexity index is 677. The summed E-state index contributed by atoms with van der Waals surface area (Å²) in [5, 5.41) is 3.15. The number of nitrogens with zero attached hydrogens (tertiary/aromatic N) is 1. The van der Waals surface area contributed by atoms with Gasteiger partial charge in [-0.15, -0.1) is 0 Å². The number of hydrogen-bond acceptors (Lipinski definition) is 2. The molecule has 138 valence electrons. The van der Waals surface area contributed by atoms with E-state index in [1.807, 2.05) is 74.6 Å². The quantitative estimate of drug-likeness (QED) is 0.776. The van der Waals surface area contributed by atoms with Crippen LogP contribution in [0.3, 0.4) is 0 Å². The zero-order chi connectivity index (χ0) is 19.1. The minimum absolute atomic E-state index is 0.00446. The molecule has 0 aliphatic carbocycles. The Kier molecular flexibility index (Phi) is 6.92. The summed E-state index contributed by atoms with van der Waals surface area (Å²) in [6.45, 7) is 2.13. The highest BCUT2D eigenvalue weighted by Gasteiger charge is 2.27. The van der Waals surface area contributed by atoms with Crippen molar-refractivity contribution in [2.45, 2.75) is 19.0 Å². The van der Waals surface area contributed by atoms with Crippen LogP contribution in [0, 0.1) is 0 Å². The number of hydrogen-bond donors (Lipinski definition) is 2. The number of carbonyl (C=O) groups is 2. The molecule has 2 atom stereocenters. The van der Waals surface area contributed by atoms with E-state index in [1.54, 1.807) is 19.0 Å². The molecule has 1 unspecified atom stereocenters. The van der Waals surface area contributed by atoms with E-state index in [9.17, 15) is 9.59 Å². The van der Waals surface area contributed by atoms with Crippen molar-refractivity contribution in [2.75, 3.05) is 27.7 Å². The molecule has 2 aromatic carbocycles. The van der Waals surface area contributed by atoms with E-state index in [-0.39, 0.29) is 30.4 Å². The van der Waals surface area contributed by atoms with Gasteiger partial charge in [0.2, 0.25) is 0 Å². The molecule has 0 bridgehead atoms. The number of carbonyl (C=O) groups excluding carboxylic acids is 2. The number of amides is 2. The normalized spacial score (nSPS) is 13.1. The molecule has 0 saturated carbocycles. The molecule has 2 N–H and O–H groups in total. The van der Waals surface area contributed by atoms with Crippen molar-refractivity contribution in [3.8, 4) is 0 Å². The standard InChI is InChI=1S/C21H27N3O2/c1-16(24(4)15-19(25)23(2)3)21(26)22-20(17-11-7-5-8-12-17)18-13-9-6-10-14-18/h5-14,16,20H,15H2,1-4H3,(H,22,26)/p+1/t16-/m0/s1. The topological polar surface area (TPSA) is 53.9 Å². The first-order valence-electron chi connectivity index (χ1n) is 8.83. The number of nitrogens with one attached hydrogen (secondary N) is 2. The van der Waals surface area contributed by atoms with Gasteiger partial charge >= 0.3 is 0 Å². The van der Waals surface area contributed by atoms with Gasteiger partial charge in [-0.3, -0.25) is 9.59 Å². The van der Waals surface area contributed by atoms with Crippen molar-refractivity contribution in [1.29, 1.82) is 0 Å². The maximum atomic E-state index is 12.8. The molecule has 2 aromatic rings. The molecule has 2 rings (SSSR count). The lowest BCUT2D eigenvalue weighted by molar-refractivity contribution is -0.886. The number of benzene rings is 2. The second-order valence-corrected chi connectivity index (χ2v) is 6.80. The summed E-state index contributed by atoms with van der Waals surface area (Å²) in [5.41, 5.74) is 2.06. The average Bonchev–Trinajstić information content (AvgIpc) is 2.66. The summed E-state index contributed by atoms with van der Waals surface area (Å²) in [6.07, 6.45) is 0. The van der Waals surface area contributed by atoms with Crippen molar-refractivity contribution < 1.29 is 14.5 Å². The third-order valence-corrected chi connectivity index (χ3v) is 4.61. The van der Waals surface area contributed by atoms with Crippen LogP contribution >= 0.6 is 0 Å². The minimum Gasteiger partial charge on any atom is -0.344 e. The fourth-order valence-corrected chi connectivity index (χ4v) is 2.69. The smallest absolute Gasteiger partial charge is 0.278 e. The molecule has 26 heavy (non-hydrogen) atoms. The van der Waals surface area contributed by atoms with Gasteiger partial charge in [0.15, 0.2) is 12.6 Å². The predicted octanol–water partition coefficient (Wildman–Crippen LogP) is 0.884. The van der Waals surface area contributed by atoms with Gasteiger partial charge < -0.3 is 15.1 Å². The lowest BCUT2D eigenvalue weighted by Crippen LogP contribution is -3.15. The predicted molar refractivity (Wildman–Crippen MR) is 103 cm³/mol. The van der Waals surface area contributed by atoms with Crippen molar-refractivity contribution in [3.05, 3.63) is 71.8 Å². The van der Waals surface area contributed by atoms with E-state index in [4.69, 9.17) is 0 Å². The lowest BCUT2D eigenvalue weighted by Gasteiger charge is -2.25. The molecular formula is C21H28N3O2+. The van der Waals surface area contributed by atoms with Gasteiger partial charge in [-0.05, 0) is 18.1 Å². The Labute approximate surface area is 155 Å². The van der Waals surface area contributed by atoms with Crippen molar-refractivity contribution in [1.82, 2.24) is 10.2 Å². The van der Waals surface area contributed by atoms with Gasteiger partial charge in [0.05, 0.1) is 13.1 Å². The van der Waals surface area contributed by atoms with Gasteiger partial charge in [-0.25, -0.2) is 0 Å². The third-order valence-electron chi connectivity index (χ3n) is 4.61. The molecule has 0 heterocycles. The van der Waals surface area contributed by atoms with Crippen LogP contribution in [0.15, 0.2) is 60.7 Å². The fourth-order valence-electron chi connectivity index (χ4n) is 2.69. The third kappa shape index (κ3) is 5.17. The summed E-state index contributed by atoms with van der Waals surface area (Å²) in [7, 11) is 5.31. The van der Waals surface area contributed by atoms with Gasteiger partial charge in [0.1, 0.15) is 0 Å². The van der Waals surface area contributed by atoms with Crippen LogP contribution in [0.5, 0.6) is 0 Å². The molecule has 0 aliphatic rings. The summed E-state index contributed by atoms with van der Waals surface area (Å²) in [4.78, 5) is 27.2. The molecular weight excluding hydrogens is 326 g/mol. The molecule has 0 aliphatic heterocycles. The molecule has 0 radical (unpaired) electrons. The van der Waals surface area contributed by atoms with Gasteiger partial charge in [0, 0.05) is 14.1 Å². The molecule has 0 fully saturated rings. The van der Waals surface area contributed by atoms with E-state index in [0.29, 0.717) is 0 Å². The first-order valence-corrected chi connectivity index (χ1v) is 8.83. The van der Waals surface area contributed by atoms with E-state index >= 15 is 0 Å². The van der Waals surface area contributed by atoms with E-state index in [0.717, 1.165) is 16.0 Å². The average molecular weight is 354 g/mol. The number of likely N-dealkylation sites (N-methyl/N-ethyl adjacent to an activating group) is 2. The van der Waals surface area contributed by atoms with Gasteiger partial charge in [-0.2, -0.15) is 0 Å². The van der Waals surface area contributed by atoms with E-state index in [2.05, 4.69) is 5.32 Å². The Morgan fingerprint density at radius 3 is 1.85 bits per heavy atom. The van der Waals surface area contributed by atoms with Gasteiger partial charge in [0.25, 0.3) is 11.8 Å². The van der Waals surface area contributed by atoms with E-state index < -0.39 is 0 Å². The molecule has 2 amide bonds. The zero-order valence-corrected chi connectivity index (χ0v) is 15.9. The SMILES string of the molecule is C[C@@H](C(=O)NC(c1ccccc1)c1ccccc1)[NH+](C)CC(=O)N(C)C. The van der Waals surface area contributed by atoms with Crippen LogP contribution in [0.25, 0.3) is 0 Å². The highest BCUT2D eigenvalue weighted by molar-refractivity contribution is 5.81. The maximum absolute atomic E-state index is 12.8. The van der Waals surface area contributed by atoms with Crippen molar-refractivity contribution in [3.63, 3.8) is 0 Å². The number of rotatable bonds is 7. The van der Waals surface area contributed by atoms with Crippen LogP contribution in [0.4, 0.5) is 0 Å². The van der Waals surface area contributed by atoms with Crippen LogP contribution < -0.4 is 10.2 Å². The molecule has 0 aromatic heterocycles. The Hall–Kier alpha value is -2.66. The monoisotopic (exact) mass is 354 g/mol. The van der Waals surface area contributed by atoms with Crippen molar-refractivity contribution >= 4 is 11.8 Å². The lowest BCUT2D eigenvalue weighted by atomic mass is 9.98. The summed E-state index contributed by atoms with van der Waals surface area (Å²) in [5.74, 6) is -0.0726. The molecule has 5 heteroatoms. The van der Waals surface area contributed by atoms with Crippen molar-refractivity contribution in [2.24, 2.45) is 0 Å². The van der Waals surface area contributed by atoms with E-state index in [1.165, 1.54) is 0 Å². The second-order valence-electron chi connectivity index (χ2n) is 6.80. The molecule has 0 saturated heterocycles. The zero-order valence-electron chi connectivity index (χ0n) is 15.9. The number of quaternary nitrogens is 1. The molecule has 0 spiro atoms. The Morgan fingerprint density at radius 2 is 1.42 bits per heavy atom. The minimum atomic E-state index is -0.339. The Morgan fingerprint density at radius 1 is 0.962 bits per heavy atom. The summed E-state index contributed by atoms with van der Waals surface area (Å²) < 4.78 is 0. The van der Waals surface area contributed by atoms with Crippen LogP contribution in [0.1, 0.15) is 24.1 Å². The summed E-state index contributed by atoms with van der Waals surface area (Å²) >= 11 is 0. The van der Waals surface area contributed by atoms with Crippen LogP contribution in [0.2, 0.25) is 0 Å². The second kappa shape index (κ2) is 9.15. The largest absolute Gasteiger partial charge is 0.344 e. The highest BCUT2D eigenvalue weighted by atomic mass is 16.2. The first-order chi connectivity index (χ1) is 12.4. The fraction of sp³-hybridized carbons (Fsp3) is 0.333. The maximum Gasteiger partial charge on any atom is 0.278 e. The highest BCUT2D eigenvalue weighted by Crippen LogP contribution is 2.21. The van der Waals surface area contributed by atoms with Crippen LogP contribution in [-0.4, -0.2) is 50.4 Å². The van der Waals surface area contributed by atoms with Gasteiger partial charge in [-0.1, -0.05) is 60.7 Å². The Balaban J connectivity index is 2.15. The van der Waals surface area contributed by atoms with Crippen LogP contribution in [-0.2, 0) is 9.59 Å². The molecule has 5 nitrogen and oxygen atoms in total. The first kappa shape index (κ1) is 19.7.